The van der Waals surface area contributed by atoms with Crippen molar-refractivity contribution in [2.45, 2.75) is 56.7 Å². The van der Waals surface area contributed by atoms with Crippen molar-refractivity contribution in [1.29, 1.82) is 0 Å². The Morgan fingerprint density at radius 2 is 1.83 bits per heavy atom. The number of furan rings is 1. The quantitative estimate of drug-likeness (QED) is 0.834. The van der Waals surface area contributed by atoms with Crippen LogP contribution in [0.4, 0.5) is 0 Å². The molecular formula is C18H24N2O4. The molecule has 2 saturated heterocycles. The molecule has 4 rings (SSSR count). The fourth-order valence-electron chi connectivity index (χ4n) is 4.33. The molecule has 3 aliphatic rings. The summed E-state index contributed by atoms with van der Waals surface area (Å²) in [5.41, 5.74) is -0.637. The summed E-state index contributed by atoms with van der Waals surface area (Å²) in [4.78, 5) is 29.6. The second kappa shape index (κ2) is 6.24. The molecule has 0 N–H and O–H groups in total. The Kier molecular flexibility index (Phi) is 4.08. The van der Waals surface area contributed by atoms with Crippen LogP contribution in [0.1, 0.15) is 55.5 Å². The minimum Gasteiger partial charge on any atom is -0.459 e. The van der Waals surface area contributed by atoms with Crippen molar-refractivity contribution in [3.8, 4) is 0 Å². The predicted molar refractivity (Wildman–Crippen MR) is 86.2 cm³/mol. The Bertz CT molecular complexity index is 601. The third-order valence-electron chi connectivity index (χ3n) is 5.55. The highest BCUT2D eigenvalue weighted by atomic mass is 16.5. The number of nitrogens with zero attached hydrogens (tertiary/aromatic N) is 2. The maximum atomic E-state index is 13.1. The number of amides is 2. The highest BCUT2D eigenvalue weighted by Gasteiger charge is 2.54. The van der Waals surface area contributed by atoms with Crippen LogP contribution in [0.3, 0.4) is 0 Å². The van der Waals surface area contributed by atoms with Gasteiger partial charge in [-0.15, -0.1) is 0 Å². The zero-order valence-electron chi connectivity index (χ0n) is 13.9. The molecule has 6 heteroatoms. The zero-order valence-corrected chi connectivity index (χ0v) is 13.9. The lowest BCUT2D eigenvalue weighted by molar-refractivity contribution is -0.136. The number of carbonyl (C=O) groups excluding carboxylic acids is 2. The van der Waals surface area contributed by atoms with E-state index in [4.69, 9.17) is 9.15 Å². The van der Waals surface area contributed by atoms with E-state index in [1.165, 1.54) is 6.26 Å². The molecule has 130 valence electrons. The molecule has 2 aliphatic heterocycles. The van der Waals surface area contributed by atoms with Crippen LogP contribution >= 0.6 is 0 Å². The van der Waals surface area contributed by atoms with Gasteiger partial charge in [-0.2, -0.15) is 0 Å². The molecule has 1 aromatic heterocycles. The van der Waals surface area contributed by atoms with Crippen LogP contribution < -0.4 is 0 Å². The van der Waals surface area contributed by atoms with E-state index in [1.54, 1.807) is 17.0 Å². The minimum atomic E-state index is -0.637. The van der Waals surface area contributed by atoms with Crippen molar-refractivity contribution < 1.29 is 18.7 Å². The molecule has 1 aromatic rings. The molecule has 24 heavy (non-hydrogen) atoms. The van der Waals surface area contributed by atoms with Gasteiger partial charge in [0.15, 0.2) is 5.76 Å². The van der Waals surface area contributed by atoms with Gasteiger partial charge < -0.3 is 14.1 Å². The summed E-state index contributed by atoms with van der Waals surface area (Å²) in [5.74, 6) is 0.0801. The van der Waals surface area contributed by atoms with Gasteiger partial charge in [0.1, 0.15) is 11.8 Å². The van der Waals surface area contributed by atoms with Crippen molar-refractivity contribution in [2.75, 3.05) is 19.7 Å². The van der Waals surface area contributed by atoms with E-state index in [0.29, 0.717) is 6.61 Å². The smallest absolute Gasteiger partial charge is 0.292 e. The van der Waals surface area contributed by atoms with Gasteiger partial charge in [0.2, 0.25) is 5.91 Å². The van der Waals surface area contributed by atoms with Crippen molar-refractivity contribution in [2.24, 2.45) is 0 Å². The first-order valence-corrected chi connectivity index (χ1v) is 9.01. The first-order chi connectivity index (χ1) is 11.7. The van der Waals surface area contributed by atoms with Crippen LogP contribution in [-0.4, -0.2) is 53.1 Å². The van der Waals surface area contributed by atoms with E-state index in [-0.39, 0.29) is 17.6 Å². The Balaban J connectivity index is 1.65. The minimum absolute atomic E-state index is 0.0230. The van der Waals surface area contributed by atoms with Gasteiger partial charge in [0.25, 0.3) is 5.91 Å². The average Bonchev–Trinajstić information content (AvgIpc) is 3.36. The Morgan fingerprint density at radius 1 is 1.08 bits per heavy atom. The number of ether oxygens (including phenoxy) is 1. The van der Waals surface area contributed by atoms with Crippen LogP contribution in [0.25, 0.3) is 0 Å². The van der Waals surface area contributed by atoms with Crippen molar-refractivity contribution in [3.05, 3.63) is 24.2 Å². The summed E-state index contributed by atoms with van der Waals surface area (Å²) >= 11 is 0. The number of carbonyl (C=O) groups is 2. The maximum Gasteiger partial charge on any atom is 0.292 e. The zero-order chi connectivity index (χ0) is 16.6. The molecule has 3 heterocycles. The van der Waals surface area contributed by atoms with Gasteiger partial charge in [0.05, 0.1) is 12.9 Å². The van der Waals surface area contributed by atoms with Gasteiger partial charge in [-0.1, -0.05) is 6.42 Å². The van der Waals surface area contributed by atoms with Gasteiger partial charge in [-0.05, 0) is 50.7 Å². The van der Waals surface area contributed by atoms with Gasteiger partial charge in [-0.25, -0.2) is 0 Å². The van der Waals surface area contributed by atoms with Crippen LogP contribution in [0.15, 0.2) is 22.8 Å². The van der Waals surface area contributed by atoms with E-state index in [9.17, 15) is 9.59 Å². The van der Waals surface area contributed by atoms with Gasteiger partial charge >= 0.3 is 0 Å². The second-order valence-electron chi connectivity index (χ2n) is 7.02. The highest BCUT2D eigenvalue weighted by molar-refractivity contribution is 5.96. The van der Waals surface area contributed by atoms with Crippen LogP contribution in [0.5, 0.6) is 0 Å². The Morgan fingerprint density at radius 3 is 2.50 bits per heavy atom. The lowest BCUT2D eigenvalue weighted by Crippen LogP contribution is -2.56. The van der Waals surface area contributed by atoms with E-state index in [2.05, 4.69) is 0 Å². The van der Waals surface area contributed by atoms with Crippen molar-refractivity contribution >= 4 is 11.8 Å². The molecule has 3 fully saturated rings. The molecule has 6 nitrogen and oxygen atoms in total. The van der Waals surface area contributed by atoms with Crippen molar-refractivity contribution in [1.82, 2.24) is 9.80 Å². The summed E-state index contributed by atoms with van der Waals surface area (Å²) in [7, 11) is 0. The Labute approximate surface area is 141 Å². The van der Waals surface area contributed by atoms with Gasteiger partial charge in [0, 0.05) is 13.1 Å². The average molecular weight is 332 g/mol. The lowest BCUT2D eigenvalue weighted by atomic mass is 9.90. The summed E-state index contributed by atoms with van der Waals surface area (Å²) in [5, 5.41) is 0. The van der Waals surface area contributed by atoms with Crippen molar-refractivity contribution in [3.63, 3.8) is 0 Å². The summed E-state index contributed by atoms with van der Waals surface area (Å²) in [6.07, 6.45) is 8.35. The third-order valence-corrected chi connectivity index (χ3v) is 5.55. The Hall–Kier alpha value is -1.82. The third kappa shape index (κ3) is 2.53. The molecule has 0 radical (unpaired) electrons. The summed E-state index contributed by atoms with van der Waals surface area (Å²) in [6.45, 7) is 1.86. The molecule has 2 amide bonds. The molecular weight excluding hydrogens is 308 g/mol. The molecule has 1 atom stereocenters. The largest absolute Gasteiger partial charge is 0.459 e. The van der Waals surface area contributed by atoms with E-state index < -0.39 is 11.8 Å². The van der Waals surface area contributed by atoms with E-state index >= 15 is 0 Å². The molecule has 1 saturated carbocycles. The fraction of sp³-hybridized carbons (Fsp3) is 0.667. The number of hydrogen-bond donors (Lipinski definition) is 0. The SMILES string of the molecule is O=C(C1COC2(CCCCC2)N1C(=O)c1ccco1)N1CCCC1. The highest BCUT2D eigenvalue weighted by Crippen LogP contribution is 2.41. The fourth-order valence-corrected chi connectivity index (χ4v) is 4.33. The molecule has 0 bridgehead atoms. The van der Waals surface area contributed by atoms with Crippen LogP contribution in [0.2, 0.25) is 0 Å². The van der Waals surface area contributed by atoms with E-state index in [0.717, 1.165) is 58.0 Å². The predicted octanol–water partition coefficient (Wildman–Crippen LogP) is 2.40. The monoisotopic (exact) mass is 332 g/mol. The van der Waals surface area contributed by atoms with E-state index in [1.807, 2.05) is 4.90 Å². The lowest BCUT2D eigenvalue weighted by Gasteiger charge is -2.41. The van der Waals surface area contributed by atoms with Crippen LogP contribution in [-0.2, 0) is 9.53 Å². The normalized spacial score (nSPS) is 26.2. The summed E-state index contributed by atoms with van der Waals surface area (Å²) in [6, 6.07) is 2.84. The summed E-state index contributed by atoms with van der Waals surface area (Å²) < 4.78 is 11.4. The molecule has 0 aromatic carbocycles. The number of hydrogen-bond acceptors (Lipinski definition) is 4. The molecule has 1 aliphatic carbocycles. The number of rotatable bonds is 2. The first kappa shape index (κ1) is 15.7. The molecule has 1 unspecified atom stereocenters. The second-order valence-corrected chi connectivity index (χ2v) is 7.02. The molecule has 1 spiro atoms. The standard InChI is InChI=1S/C18H24N2O4/c21-16(19-10-4-5-11-19)14-13-24-18(8-2-1-3-9-18)20(14)17(22)15-7-6-12-23-15/h6-7,12,14H,1-5,8-11,13H2. The number of likely N-dealkylation sites (tertiary alicyclic amines) is 1. The van der Waals surface area contributed by atoms with Crippen LogP contribution in [0, 0.1) is 0 Å². The first-order valence-electron chi connectivity index (χ1n) is 9.01. The topological polar surface area (TPSA) is 63.0 Å². The van der Waals surface area contributed by atoms with Gasteiger partial charge in [-0.3, -0.25) is 14.5 Å². The maximum absolute atomic E-state index is 13.1.